The SMILES string of the molecule is Cc1nc(COc2cccc(/C=C/C(=O)NCc3nc(-c4ccncc4)no3)c2)cs1. The van der Waals surface area contributed by atoms with Crippen LogP contribution in [0, 0.1) is 6.92 Å². The highest BCUT2D eigenvalue weighted by Crippen LogP contribution is 2.17. The molecule has 4 aromatic rings. The number of hydrogen-bond acceptors (Lipinski definition) is 8. The molecule has 0 aliphatic heterocycles. The van der Waals surface area contributed by atoms with Gasteiger partial charge in [0.2, 0.25) is 17.6 Å². The van der Waals surface area contributed by atoms with Crippen molar-refractivity contribution in [3.05, 3.63) is 82.4 Å². The quantitative estimate of drug-likeness (QED) is 0.422. The molecule has 0 aliphatic rings. The first kappa shape index (κ1) is 20.4. The number of carbonyl (C=O) groups is 1. The summed E-state index contributed by atoms with van der Waals surface area (Å²) in [5, 5.41) is 9.62. The highest BCUT2D eigenvalue weighted by molar-refractivity contribution is 7.09. The van der Waals surface area contributed by atoms with Gasteiger partial charge in [0, 0.05) is 29.4 Å². The van der Waals surface area contributed by atoms with Crippen molar-refractivity contribution in [1.82, 2.24) is 25.4 Å². The summed E-state index contributed by atoms with van der Waals surface area (Å²) < 4.78 is 10.9. The van der Waals surface area contributed by atoms with E-state index in [1.54, 1.807) is 41.9 Å². The van der Waals surface area contributed by atoms with Gasteiger partial charge in [-0.15, -0.1) is 11.3 Å². The van der Waals surface area contributed by atoms with Gasteiger partial charge < -0.3 is 14.6 Å². The van der Waals surface area contributed by atoms with E-state index in [1.807, 2.05) is 36.6 Å². The van der Waals surface area contributed by atoms with E-state index in [9.17, 15) is 4.79 Å². The first-order valence-corrected chi connectivity index (χ1v) is 10.4. The molecule has 3 aromatic heterocycles. The third-order valence-corrected chi connectivity index (χ3v) is 4.98. The van der Waals surface area contributed by atoms with Gasteiger partial charge in [0.1, 0.15) is 12.4 Å². The van der Waals surface area contributed by atoms with Crippen LogP contribution < -0.4 is 10.1 Å². The van der Waals surface area contributed by atoms with Crippen molar-refractivity contribution < 1.29 is 14.1 Å². The molecule has 31 heavy (non-hydrogen) atoms. The minimum Gasteiger partial charge on any atom is -0.487 e. The third-order valence-electron chi connectivity index (χ3n) is 4.16. The Morgan fingerprint density at radius 3 is 2.90 bits per heavy atom. The lowest BCUT2D eigenvalue weighted by Crippen LogP contribution is -2.20. The normalized spacial score (nSPS) is 11.0. The summed E-state index contributed by atoms with van der Waals surface area (Å²) in [4.78, 5) is 24.7. The van der Waals surface area contributed by atoms with Gasteiger partial charge in [0.25, 0.3) is 0 Å². The second kappa shape index (κ2) is 9.77. The first-order chi connectivity index (χ1) is 15.2. The van der Waals surface area contributed by atoms with E-state index in [0.29, 0.717) is 24.1 Å². The van der Waals surface area contributed by atoms with E-state index >= 15 is 0 Å². The van der Waals surface area contributed by atoms with Crippen molar-refractivity contribution in [3.63, 3.8) is 0 Å². The fourth-order valence-electron chi connectivity index (χ4n) is 2.68. The summed E-state index contributed by atoms with van der Waals surface area (Å²) in [6.07, 6.45) is 6.46. The average Bonchev–Trinajstić information content (AvgIpc) is 3.45. The fourth-order valence-corrected chi connectivity index (χ4v) is 3.28. The van der Waals surface area contributed by atoms with Gasteiger partial charge >= 0.3 is 0 Å². The number of aryl methyl sites for hydroxylation is 1. The molecule has 3 heterocycles. The molecule has 0 saturated carbocycles. The van der Waals surface area contributed by atoms with Crippen LogP contribution in [0.2, 0.25) is 0 Å². The molecule has 0 spiro atoms. The van der Waals surface area contributed by atoms with E-state index in [-0.39, 0.29) is 12.5 Å². The van der Waals surface area contributed by atoms with E-state index in [1.165, 1.54) is 6.08 Å². The van der Waals surface area contributed by atoms with E-state index < -0.39 is 0 Å². The summed E-state index contributed by atoms with van der Waals surface area (Å²) in [5.41, 5.74) is 2.54. The number of thiazole rings is 1. The molecule has 0 atom stereocenters. The van der Waals surface area contributed by atoms with Crippen LogP contribution in [0.3, 0.4) is 0 Å². The Morgan fingerprint density at radius 1 is 1.23 bits per heavy atom. The zero-order valence-corrected chi connectivity index (χ0v) is 17.5. The van der Waals surface area contributed by atoms with Crippen LogP contribution in [0.15, 0.2) is 64.8 Å². The zero-order valence-electron chi connectivity index (χ0n) is 16.7. The smallest absolute Gasteiger partial charge is 0.246 e. The number of benzene rings is 1. The standard InChI is InChI=1S/C22H19N5O3S/c1-15-25-18(14-31-15)13-29-19-4-2-3-16(11-19)5-6-20(28)24-12-21-26-22(27-30-21)17-7-9-23-10-8-17/h2-11,14H,12-13H2,1H3,(H,24,28)/b6-5+. The largest absolute Gasteiger partial charge is 0.487 e. The molecular formula is C22H19N5O3S. The van der Waals surface area contributed by atoms with Gasteiger partial charge in [-0.1, -0.05) is 17.3 Å². The molecule has 0 fully saturated rings. The number of ether oxygens (including phenoxy) is 1. The molecule has 9 heteroatoms. The number of nitrogens with zero attached hydrogens (tertiary/aromatic N) is 4. The number of rotatable bonds is 8. The third kappa shape index (κ3) is 5.83. The lowest BCUT2D eigenvalue weighted by Gasteiger charge is -2.05. The molecule has 1 N–H and O–H groups in total. The Bertz CT molecular complexity index is 1190. The van der Waals surface area contributed by atoms with Crippen molar-refractivity contribution in [3.8, 4) is 17.1 Å². The predicted octanol–water partition coefficient (Wildman–Crippen LogP) is 3.81. The molecule has 0 saturated heterocycles. The van der Waals surface area contributed by atoms with Crippen LogP contribution in [-0.2, 0) is 17.9 Å². The minimum atomic E-state index is -0.270. The van der Waals surface area contributed by atoms with Crippen LogP contribution in [0.25, 0.3) is 17.5 Å². The van der Waals surface area contributed by atoms with Crippen LogP contribution in [0.1, 0.15) is 22.2 Å². The predicted molar refractivity (Wildman–Crippen MR) is 116 cm³/mol. The summed E-state index contributed by atoms with van der Waals surface area (Å²) in [7, 11) is 0. The highest BCUT2D eigenvalue weighted by Gasteiger charge is 2.09. The van der Waals surface area contributed by atoms with E-state index in [2.05, 4.69) is 25.4 Å². The van der Waals surface area contributed by atoms with Crippen molar-refractivity contribution >= 4 is 23.3 Å². The fraction of sp³-hybridized carbons (Fsp3) is 0.136. The maximum absolute atomic E-state index is 12.1. The lowest BCUT2D eigenvalue weighted by atomic mass is 10.2. The van der Waals surface area contributed by atoms with Gasteiger partial charge in [-0.2, -0.15) is 4.98 Å². The second-order valence-electron chi connectivity index (χ2n) is 6.52. The Labute approximate surface area is 182 Å². The van der Waals surface area contributed by atoms with Gasteiger partial charge in [0.05, 0.1) is 17.2 Å². The Balaban J connectivity index is 1.28. The Morgan fingerprint density at radius 2 is 2.10 bits per heavy atom. The molecule has 4 rings (SSSR count). The molecule has 8 nitrogen and oxygen atoms in total. The van der Waals surface area contributed by atoms with Crippen molar-refractivity contribution in [2.45, 2.75) is 20.1 Å². The minimum absolute atomic E-state index is 0.136. The van der Waals surface area contributed by atoms with Crippen LogP contribution in [0.4, 0.5) is 0 Å². The van der Waals surface area contributed by atoms with Gasteiger partial charge in [-0.3, -0.25) is 9.78 Å². The monoisotopic (exact) mass is 433 g/mol. The van der Waals surface area contributed by atoms with Gasteiger partial charge in [-0.25, -0.2) is 4.98 Å². The summed E-state index contributed by atoms with van der Waals surface area (Å²) >= 11 is 1.59. The van der Waals surface area contributed by atoms with Crippen LogP contribution in [-0.4, -0.2) is 26.0 Å². The molecule has 1 aromatic carbocycles. The van der Waals surface area contributed by atoms with Gasteiger partial charge in [0.15, 0.2) is 0 Å². The number of hydrogen-bond donors (Lipinski definition) is 1. The van der Waals surface area contributed by atoms with Gasteiger partial charge in [-0.05, 0) is 42.8 Å². The summed E-state index contributed by atoms with van der Waals surface area (Å²) in [6.45, 7) is 2.50. The molecule has 156 valence electrons. The number of nitrogens with one attached hydrogen (secondary N) is 1. The molecule has 0 aliphatic carbocycles. The lowest BCUT2D eigenvalue weighted by molar-refractivity contribution is -0.116. The first-order valence-electron chi connectivity index (χ1n) is 9.48. The maximum Gasteiger partial charge on any atom is 0.246 e. The summed E-state index contributed by atoms with van der Waals surface area (Å²) in [5.74, 6) is 1.21. The number of aromatic nitrogens is 4. The molecule has 0 unspecified atom stereocenters. The van der Waals surface area contributed by atoms with E-state index in [4.69, 9.17) is 9.26 Å². The maximum atomic E-state index is 12.1. The average molecular weight is 433 g/mol. The highest BCUT2D eigenvalue weighted by atomic mass is 32.1. The number of carbonyl (C=O) groups excluding carboxylic acids is 1. The van der Waals surface area contributed by atoms with E-state index in [0.717, 1.165) is 21.8 Å². The summed E-state index contributed by atoms with van der Waals surface area (Å²) in [6, 6.07) is 11.1. The van der Waals surface area contributed by atoms with Crippen LogP contribution >= 0.6 is 11.3 Å². The number of amides is 1. The van der Waals surface area contributed by atoms with Crippen molar-refractivity contribution in [1.29, 1.82) is 0 Å². The van der Waals surface area contributed by atoms with Crippen LogP contribution in [0.5, 0.6) is 5.75 Å². The molecule has 0 radical (unpaired) electrons. The molecule has 0 bridgehead atoms. The number of pyridine rings is 1. The Kier molecular flexibility index (Phi) is 6.44. The Hall–Kier alpha value is -3.85. The second-order valence-corrected chi connectivity index (χ2v) is 7.58. The molecule has 1 amide bonds. The van der Waals surface area contributed by atoms with Crippen molar-refractivity contribution in [2.24, 2.45) is 0 Å². The topological polar surface area (TPSA) is 103 Å². The van der Waals surface area contributed by atoms with Crippen molar-refractivity contribution in [2.75, 3.05) is 0 Å². The molecular weight excluding hydrogens is 414 g/mol. The zero-order chi connectivity index (χ0) is 21.5.